The molecule has 54 valence electrons. The van der Waals surface area contributed by atoms with Gasteiger partial charge in [-0.2, -0.15) is 0 Å². The molecular weight excluding hydrogens is 193 g/mol. The monoisotopic (exact) mass is 201 g/mol. The number of carboxylic acid groups (broad SMARTS) is 1. The van der Waals surface area contributed by atoms with Crippen molar-refractivity contribution in [2.45, 2.75) is 11.4 Å². The summed E-state index contributed by atoms with van der Waals surface area (Å²) in [7, 11) is 0. The van der Waals surface area contributed by atoms with Crippen LogP contribution >= 0.6 is 0 Å². The van der Waals surface area contributed by atoms with Crippen molar-refractivity contribution in [1.29, 1.82) is 0 Å². The maximum absolute atomic E-state index is 9.98. The van der Waals surface area contributed by atoms with E-state index in [9.17, 15) is 8.63 Å². The second kappa shape index (κ2) is 3.68. The van der Waals surface area contributed by atoms with E-state index in [4.69, 9.17) is 15.0 Å². The molecule has 0 heterocycles. The van der Waals surface area contributed by atoms with Gasteiger partial charge in [-0.25, -0.2) is 0 Å². The van der Waals surface area contributed by atoms with E-state index in [0.717, 1.165) is 0 Å². The van der Waals surface area contributed by atoms with Gasteiger partial charge in [0, 0.05) is 0 Å². The fourth-order valence-electron chi connectivity index (χ4n) is 0.225. The summed E-state index contributed by atoms with van der Waals surface area (Å²) in [5, 5.41) is 7.75. The van der Waals surface area contributed by atoms with Crippen LogP contribution in [-0.4, -0.2) is 35.5 Å². The van der Waals surface area contributed by atoms with Crippen LogP contribution < -0.4 is 5.73 Å². The van der Waals surface area contributed by atoms with Crippen LogP contribution in [-0.2, 0) is 8.63 Å². The molecule has 0 bridgehead atoms. The van der Waals surface area contributed by atoms with Crippen LogP contribution in [0.5, 0.6) is 0 Å². The van der Waals surface area contributed by atoms with Crippen molar-refractivity contribution in [3.63, 3.8) is 0 Å². The van der Waals surface area contributed by atoms with E-state index in [0.29, 0.717) is 0 Å². The van der Waals surface area contributed by atoms with Gasteiger partial charge in [0.1, 0.15) is 0 Å². The van der Waals surface area contributed by atoms with Gasteiger partial charge < -0.3 is 0 Å². The first-order chi connectivity index (χ1) is 4.04. The maximum atomic E-state index is 9.98. The average molecular weight is 200 g/mol. The van der Waals surface area contributed by atoms with Crippen LogP contribution in [0, 0.1) is 0 Å². The standard InChI is InChI=1S/C3H7NO4Se/c4-2(3(5)6)1-9(7)8/h2H,1,4H2,(H,5,6)(H,7,8). The zero-order valence-electron chi connectivity index (χ0n) is 4.48. The molecule has 2 unspecified atom stereocenters. The van der Waals surface area contributed by atoms with Crippen molar-refractivity contribution in [1.82, 2.24) is 0 Å². The molecule has 9 heavy (non-hydrogen) atoms. The van der Waals surface area contributed by atoms with E-state index >= 15 is 0 Å². The molecule has 0 saturated heterocycles. The molecule has 5 nitrogen and oxygen atoms in total. The molecule has 6 heteroatoms. The van der Waals surface area contributed by atoms with Crippen LogP contribution in [0.1, 0.15) is 0 Å². The number of nitrogens with two attached hydrogens (primary N) is 1. The SMILES string of the molecule is NC(C[Se](=O)O)C(=O)O. The van der Waals surface area contributed by atoms with Gasteiger partial charge in [0.15, 0.2) is 0 Å². The minimum absolute atomic E-state index is 0.324. The van der Waals surface area contributed by atoms with Gasteiger partial charge in [0.25, 0.3) is 0 Å². The third-order valence-electron chi connectivity index (χ3n) is 0.639. The van der Waals surface area contributed by atoms with Crippen LogP contribution in [0.25, 0.3) is 0 Å². The molecule has 0 aromatic carbocycles. The van der Waals surface area contributed by atoms with E-state index in [1.54, 1.807) is 0 Å². The Morgan fingerprint density at radius 1 is 1.78 bits per heavy atom. The fourth-order valence-corrected chi connectivity index (χ4v) is 1.17. The van der Waals surface area contributed by atoms with Crippen molar-refractivity contribution in [2.24, 2.45) is 5.73 Å². The molecule has 2 atom stereocenters. The molecule has 0 aliphatic carbocycles. The van der Waals surface area contributed by atoms with Crippen molar-refractivity contribution in [3.8, 4) is 0 Å². The summed E-state index contributed by atoms with van der Waals surface area (Å²) < 4.78 is 18.2. The molecule has 0 spiro atoms. The molecule has 0 rings (SSSR count). The van der Waals surface area contributed by atoms with Crippen molar-refractivity contribution >= 4 is 20.1 Å². The molecule has 0 aromatic heterocycles. The first-order valence-electron chi connectivity index (χ1n) is 2.10. The van der Waals surface area contributed by atoms with Gasteiger partial charge in [-0.1, -0.05) is 0 Å². The quantitative estimate of drug-likeness (QED) is 0.472. The Labute approximate surface area is 55.9 Å². The normalized spacial score (nSPS) is 16.7. The molecule has 0 aliphatic heterocycles. The number of rotatable bonds is 3. The summed E-state index contributed by atoms with van der Waals surface area (Å²) in [6.45, 7) is 0. The first-order valence-corrected chi connectivity index (χ1v) is 4.77. The van der Waals surface area contributed by atoms with Gasteiger partial charge in [0.2, 0.25) is 0 Å². The molecule has 0 fully saturated rings. The van der Waals surface area contributed by atoms with Crippen LogP contribution in [0.15, 0.2) is 0 Å². The van der Waals surface area contributed by atoms with E-state index in [2.05, 4.69) is 0 Å². The van der Waals surface area contributed by atoms with E-state index < -0.39 is 26.2 Å². The summed E-state index contributed by atoms with van der Waals surface area (Å²) in [5.74, 6) is -1.24. The van der Waals surface area contributed by atoms with Crippen molar-refractivity contribution < 1.29 is 17.9 Å². The molecule has 0 saturated carbocycles. The third-order valence-corrected chi connectivity index (χ3v) is 1.99. The van der Waals surface area contributed by atoms with E-state index in [-0.39, 0.29) is 5.32 Å². The number of carbonyl (C=O) groups is 1. The summed E-state index contributed by atoms with van der Waals surface area (Å²) >= 11 is -2.93. The predicted molar refractivity (Wildman–Crippen MR) is 29.1 cm³/mol. The molecule has 0 amide bonds. The van der Waals surface area contributed by atoms with Crippen LogP contribution in [0.4, 0.5) is 0 Å². The van der Waals surface area contributed by atoms with Crippen molar-refractivity contribution in [3.05, 3.63) is 0 Å². The van der Waals surface area contributed by atoms with Crippen LogP contribution in [0.3, 0.4) is 0 Å². The van der Waals surface area contributed by atoms with Gasteiger partial charge >= 0.3 is 55.2 Å². The molecule has 0 aromatic rings. The van der Waals surface area contributed by atoms with Crippen LogP contribution in [0.2, 0.25) is 5.32 Å². The zero-order chi connectivity index (χ0) is 7.44. The van der Waals surface area contributed by atoms with Gasteiger partial charge in [-0.05, 0) is 0 Å². The van der Waals surface area contributed by atoms with E-state index in [1.165, 1.54) is 0 Å². The fraction of sp³-hybridized carbons (Fsp3) is 0.667. The Morgan fingerprint density at radius 2 is 2.22 bits per heavy atom. The summed E-state index contributed by atoms with van der Waals surface area (Å²) in [6, 6.07) is -1.20. The first kappa shape index (κ1) is 8.71. The number of carboxylic acids is 1. The molecule has 0 radical (unpaired) electrons. The summed E-state index contributed by atoms with van der Waals surface area (Å²) in [4.78, 5) is 9.88. The Balaban J connectivity index is 3.63. The summed E-state index contributed by atoms with van der Waals surface area (Å²) in [6.07, 6.45) is 0. The Kier molecular flexibility index (Phi) is 3.56. The average Bonchev–Trinajstić information content (AvgIpc) is 1.63. The molecule has 0 aliphatic rings. The minimum atomic E-state index is -2.93. The third kappa shape index (κ3) is 4.23. The van der Waals surface area contributed by atoms with Crippen molar-refractivity contribution in [2.75, 3.05) is 0 Å². The van der Waals surface area contributed by atoms with Gasteiger partial charge in [0.05, 0.1) is 0 Å². The van der Waals surface area contributed by atoms with Gasteiger partial charge in [-0.3, -0.25) is 0 Å². The Hall–Kier alpha value is -0.291. The van der Waals surface area contributed by atoms with Gasteiger partial charge in [-0.15, -0.1) is 0 Å². The Bertz CT molecular complexity index is 136. The second-order valence-electron chi connectivity index (χ2n) is 1.43. The number of hydrogen-bond acceptors (Lipinski definition) is 3. The predicted octanol–water partition coefficient (Wildman–Crippen LogP) is -1.69. The second-order valence-corrected chi connectivity index (χ2v) is 3.48. The zero-order valence-corrected chi connectivity index (χ0v) is 6.19. The molecule has 4 N–H and O–H groups in total. The number of aliphatic carboxylic acids is 1. The Morgan fingerprint density at radius 3 is 2.33 bits per heavy atom. The van der Waals surface area contributed by atoms with E-state index in [1.807, 2.05) is 0 Å². The molecular formula is C3H7NO4Se. The topological polar surface area (TPSA) is 101 Å². The number of hydrogen-bond donors (Lipinski definition) is 3. The summed E-state index contributed by atoms with van der Waals surface area (Å²) in [5.41, 5.74) is 4.89.